The zero-order chi connectivity index (χ0) is 7.98. The fourth-order valence-electron chi connectivity index (χ4n) is 0.160. The van der Waals surface area contributed by atoms with Crippen molar-refractivity contribution >= 4 is 42.1 Å². The van der Waals surface area contributed by atoms with Crippen molar-refractivity contribution in [1.29, 1.82) is 0 Å². The first-order valence-electron chi connectivity index (χ1n) is 2.01. The van der Waals surface area contributed by atoms with E-state index in [-0.39, 0.29) is 0 Å². The maximum absolute atomic E-state index is 8.86. The normalized spacial score (nSPS) is 7.80. The largest absolute Gasteiger partial charge is 0.473 e. The number of carboxylic acid groups (broad SMARTS) is 1. The number of carbonyl (C=O) groups is 1. The quantitative estimate of drug-likeness (QED) is 0.549. The fraction of sp³-hybridized carbons (Fsp3) is 0. The fourth-order valence-corrected chi connectivity index (χ4v) is 0.730. The predicted molar refractivity (Wildman–Crippen MR) is 44.2 cm³/mol. The third-order valence-corrected chi connectivity index (χ3v) is 1.25. The molecule has 0 spiro atoms. The molecule has 1 N–H and O–H groups in total. The Labute approximate surface area is 72.3 Å². The second kappa shape index (κ2) is 5.51. The summed E-state index contributed by atoms with van der Waals surface area (Å²) in [6, 6.07) is 0. The van der Waals surface area contributed by atoms with Gasteiger partial charge in [-0.15, -0.1) is 17.7 Å². The first-order valence-corrected chi connectivity index (χ1v) is 3.74. The molecule has 0 unspecified atom stereocenters. The summed E-state index contributed by atoms with van der Waals surface area (Å²) >= 11 is 8.06. The Kier molecular flexibility index (Phi) is 5.36. The average Bonchev–Trinajstić information content (AvgIpc) is 2.15. The van der Waals surface area contributed by atoms with Gasteiger partial charge in [-0.25, -0.2) is 4.79 Å². The predicted octanol–water partition coefficient (Wildman–Crippen LogP) is 1.42. The highest BCUT2D eigenvalue weighted by atomic mass is 32.1. The van der Waals surface area contributed by atoms with Crippen LogP contribution in [0.1, 0.15) is 0 Å². The lowest BCUT2D eigenvalue weighted by Crippen LogP contribution is -1.67. The average molecular weight is 196 g/mol. The molecular weight excluding hydrogens is 192 g/mol. The Morgan fingerprint density at radius 1 is 1.80 bits per heavy atom. The first-order chi connectivity index (χ1) is 4.63. The van der Waals surface area contributed by atoms with Crippen molar-refractivity contribution in [3.63, 3.8) is 0 Å². The van der Waals surface area contributed by atoms with E-state index in [4.69, 9.17) is 9.90 Å². The van der Waals surface area contributed by atoms with Gasteiger partial charge in [0.15, 0.2) is 0 Å². The number of rotatable bonds is 0. The van der Waals surface area contributed by atoms with Crippen LogP contribution in [0.4, 0.5) is 4.79 Å². The van der Waals surface area contributed by atoms with Gasteiger partial charge in [0.2, 0.25) is 0 Å². The van der Waals surface area contributed by atoms with Crippen molar-refractivity contribution < 1.29 is 9.90 Å². The van der Waals surface area contributed by atoms with Gasteiger partial charge in [0.25, 0.3) is 0 Å². The van der Waals surface area contributed by atoms with E-state index in [9.17, 15) is 0 Å². The molecule has 0 fully saturated rings. The molecule has 0 aliphatic carbocycles. The summed E-state index contributed by atoms with van der Waals surface area (Å²) in [6.45, 7) is 0. The summed E-state index contributed by atoms with van der Waals surface area (Å²) in [7, 11) is 0. The SMILES string of the molecule is O=C(O)S.Sc1csnn1. The zero-order valence-corrected chi connectivity index (χ0v) is 7.24. The standard InChI is InChI=1S/C2H2N2S2.CH2O2S/c5-2-1-6-4-3-2;2-1(3)4/h1,5H;4H,(H,2,3). The molecule has 0 aliphatic heterocycles. The van der Waals surface area contributed by atoms with Crippen molar-refractivity contribution in [3.05, 3.63) is 5.38 Å². The van der Waals surface area contributed by atoms with Gasteiger partial charge in [-0.2, -0.15) is 0 Å². The second-order valence-electron chi connectivity index (χ2n) is 1.05. The Morgan fingerprint density at radius 2 is 2.30 bits per heavy atom. The van der Waals surface area contributed by atoms with Crippen molar-refractivity contribution in [2.24, 2.45) is 0 Å². The maximum Gasteiger partial charge on any atom is 0.361 e. The summed E-state index contributed by atoms with van der Waals surface area (Å²) in [6.07, 6.45) is 0. The van der Waals surface area contributed by atoms with E-state index in [1.165, 1.54) is 11.5 Å². The molecule has 10 heavy (non-hydrogen) atoms. The molecule has 0 saturated heterocycles. The molecule has 0 aliphatic rings. The Hall–Kier alpha value is -0.270. The summed E-state index contributed by atoms with van der Waals surface area (Å²) in [5.74, 6) is 0. The number of hydrogen-bond donors (Lipinski definition) is 3. The Morgan fingerprint density at radius 3 is 2.40 bits per heavy atom. The highest BCUT2D eigenvalue weighted by molar-refractivity contribution is 7.96. The van der Waals surface area contributed by atoms with Gasteiger partial charge in [-0.1, -0.05) is 17.1 Å². The molecule has 0 atom stereocenters. The van der Waals surface area contributed by atoms with Crippen LogP contribution in [0.25, 0.3) is 0 Å². The van der Waals surface area contributed by atoms with E-state index in [2.05, 4.69) is 34.8 Å². The number of nitrogens with zero attached hydrogens (tertiary/aromatic N) is 2. The summed E-state index contributed by atoms with van der Waals surface area (Å²) in [5, 5.41) is 12.2. The van der Waals surface area contributed by atoms with Gasteiger partial charge in [-0.3, -0.25) is 0 Å². The van der Waals surface area contributed by atoms with Gasteiger partial charge in [0.05, 0.1) is 0 Å². The van der Waals surface area contributed by atoms with Crippen LogP contribution in [0.2, 0.25) is 0 Å². The van der Waals surface area contributed by atoms with Crippen molar-refractivity contribution in [2.45, 2.75) is 5.03 Å². The minimum Gasteiger partial charge on any atom is -0.473 e. The van der Waals surface area contributed by atoms with Gasteiger partial charge in [-0.05, 0) is 11.5 Å². The monoisotopic (exact) mass is 196 g/mol. The molecule has 7 heteroatoms. The highest BCUT2D eigenvalue weighted by Crippen LogP contribution is 1.99. The molecule has 56 valence electrons. The summed E-state index contributed by atoms with van der Waals surface area (Å²) in [5.41, 5.74) is 0. The molecule has 1 aromatic heterocycles. The van der Waals surface area contributed by atoms with Crippen LogP contribution < -0.4 is 0 Å². The van der Waals surface area contributed by atoms with E-state index in [0.717, 1.165) is 0 Å². The van der Waals surface area contributed by atoms with E-state index in [1.54, 1.807) is 5.38 Å². The van der Waals surface area contributed by atoms with Crippen LogP contribution in [0.3, 0.4) is 0 Å². The highest BCUT2D eigenvalue weighted by Gasteiger charge is 1.79. The Balaban J connectivity index is 0.000000180. The van der Waals surface area contributed by atoms with E-state index < -0.39 is 5.30 Å². The van der Waals surface area contributed by atoms with E-state index in [1.807, 2.05) is 0 Å². The van der Waals surface area contributed by atoms with Crippen molar-refractivity contribution in [3.8, 4) is 0 Å². The van der Waals surface area contributed by atoms with Crippen LogP contribution in [0, 0.1) is 0 Å². The minimum atomic E-state index is -1.14. The lowest BCUT2D eigenvalue weighted by Gasteiger charge is -1.60. The lowest BCUT2D eigenvalue weighted by molar-refractivity contribution is 0.222. The third-order valence-electron chi connectivity index (χ3n) is 0.349. The van der Waals surface area contributed by atoms with Gasteiger partial charge >= 0.3 is 5.30 Å². The van der Waals surface area contributed by atoms with E-state index in [0.29, 0.717) is 5.03 Å². The lowest BCUT2D eigenvalue weighted by atomic mass is 11.0. The van der Waals surface area contributed by atoms with Gasteiger partial charge in [0, 0.05) is 5.38 Å². The summed E-state index contributed by atoms with van der Waals surface area (Å²) < 4.78 is 3.54. The molecule has 0 radical (unpaired) electrons. The molecule has 0 bridgehead atoms. The topological polar surface area (TPSA) is 63.1 Å². The minimum absolute atomic E-state index is 0.694. The third kappa shape index (κ3) is 7.73. The number of aromatic nitrogens is 2. The molecule has 1 aromatic rings. The molecular formula is C3H4N2O2S3. The number of hydrogen-bond acceptors (Lipinski definition) is 5. The summed E-state index contributed by atoms with van der Waals surface area (Å²) in [4.78, 5) is 8.86. The van der Waals surface area contributed by atoms with Crippen molar-refractivity contribution in [2.75, 3.05) is 0 Å². The van der Waals surface area contributed by atoms with Gasteiger partial charge in [0.1, 0.15) is 5.03 Å². The van der Waals surface area contributed by atoms with Crippen LogP contribution >= 0.6 is 36.8 Å². The van der Waals surface area contributed by atoms with Crippen molar-refractivity contribution in [1.82, 2.24) is 9.59 Å². The van der Waals surface area contributed by atoms with Crippen LogP contribution in [0.15, 0.2) is 10.4 Å². The zero-order valence-electron chi connectivity index (χ0n) is 4.63. The first kappa shape index (κ1) is 9.73. The molecule has 0 amide bonds. The molecule has 0 saturated carbocycles. The van der Waals surface area contributed by atoms with Crippen LogP contribution in [0.5, 0.6) is 0 Å². The van der Waals surface area contributed by atoms with Gasteiger partial charge < -0.3 is 5.11 Å². The molecule has 4 nitrogen and oxygen atoms in total. The van der Waals surface area contributed by atoms with Crippen LogP contribution in [-0.4, -0.2) is 20.0 Å². The molecule has 1 heterocycles. The molecule has 1 rings (SSSR count). The maximum atomic E-state index is 8.86. The smallest absolute Gasteiger partial charge is 0.361 e. The van der Waals surface area contributed by atoms with E-state index >= 15 is 0 Å². The second-order valence-corrected chi connectivity index (χ2v) is 2.50. The van der Waals surface area contributed by atoms with Crippen LogP contribution in [-0.2, 0) is 0 Å². The Bertz CT molecular complexity index is 184. The molecule has 0 aromatic carbocycles. The number of thiol groups is 2.